The van der Waals surface area contributed by atoms with E-state index < -0.39 is 11.0 Å². The summed E-state index contributed by atoms with van der Waals surface area (Å²) in [6, 6.07) is 20.1. The van der Waals surface area contributed by atoms with E-state index in [-0.39, 0.29) is 23.6 Å². The molecule has 2 aromatic carbocycles. The minimum absolute atomic E-state index is 0.00201. The van der Waals surface area contributed by atoms with Crippen molar-refractivity contribution in [3.63, 3.8) is 0 Å². The molecule has 0 radical (unpaired) electrons. The number of thiocarbonyl (C=S) groups is 1. The molecule has 3 heterocycles. The Balaban J connectivity index is 1.53. The summed E-state index contributed by atoms with van der Waals surface area (Å²) in [7, 11) is 0. The number of non-ortho nitro benzene ring substituents is 1. The highest BCUT2D eigenvalue weighted by Crippen LogP contribution is 2.44. The topological polar surface area (TPSA) is 114 Å². The number of nitrogens with one attached hydrogen (secondary N) is 2. The van der Waals surface area contributed by atoms with Crippen LogP contribution in [0.25, 0.3) is 11.3 Å². The van der Waals surface area contributed by atoms with Crippen molar-refractivity contribution in [3.8, 4) is 11.3 Å². The lowest BCUT2D eigenvalue weighted by molar-refractivity contribution is -0.384. The Hall–Kier alpha value is -4.28. The van der Waals surface area contributed by atoms with E-state index in [1.807, 2.05) is 55.1 Å². The summed E-state index contributed by atoms with van der Waals surface area (Å²) in [5, 5.41) is 18.1. The molecule has 4 aromatic rings. The molecule has 1 aliphatic rings. The Morgan fingerprint density at radius 3 is 2.56 bits per heavy atom. The van der Waals surface area contributed by atoms with Crippen LogP contribution >= 0.6 is 23.8 Å². The summed E-state index contributed by atoms with van der Waals surface area (Å²) in [4.78, 5) is 29.3. The number of amides is 1. The highest BCUT2D eigenvalue weighted by molar-refractivity contribution is 7.80. The number of hydrogen-bond acceptors (Lipinski definition) is 6. The molecule has 198 valence electrons. The number of anilines is 2. The highest BCUT2D eigenvalue weighted by Gasteiger charge is 2.42. The molecule has 0 unspecified atom stereocenters. The minimum Gasteiger partial charge on any atom is -0.459 e. The number of benzene rings is 2. The Bertz CT molecular complexity index is 1540. The smallest absolute Gasteiger partial charge is 0.269 e. The summed E-state index contributed by atoms with van der Waals surface area (Å²) < 4.78 is 6.31. The maximum absolute atomic E-state index is 12.2. The van der Waals surface area contributed by atoms with Crippen molar-refractivity contribution >= 4 is 51.9 Å². The van der Waals surface area contributed by atoms with Gasteiger partial charge in [0, 0.05) is 35.5 Å². The van der Waals surface area contributed by atoms with E-state index in [0.717, 1.165) is 5.69 Å². The molecule has 0 bridgehead atoms. The van der Waals surface area contributed by atoms with E-state index in [1.54, 1.807) is 30.5 Å². The number of pyridine rings is 1. The highest BCUT2D eigenvalue weighted by atomic mass is 35.5. The lowest BCUT2D eigenvalue weighted by atomic mass is 10.0. The van der Waals surface area contributed by atoms with Crippen molar-refractivity contribution < 1.29 is 14.1 Å². The number of halogens is 1. The molecule has 2 atom stereocenters. The molecule has 5 rings (SSSR count). The van der Waals surface area contributed by atoms with Gasteiger partial charge < -0.3 is 20.0 Å². The fourth-order valence-electron chi connectivity index (χ4n) is 4.37. The Morgan fingerprint density at radius 1 is 1.15 bits per heavy atom. The minimum atomic E-state index is -0.442. The molecule has 39 heavy (non-hydrogen) atoms. The largest absolute Gasteiger partial charge is 0.459 e. The van der Waals surface area contributed by atoms with Gasteiger partial charge in [-0.3, -0.25) is 19.9 Å². The quantitative estimate of drug-likeness (QED) is 0.146. The number of nitro groups is 1. The maximum atomic E-state index is 12.2. The van der Waals surface area contributed by atoms with Crippen LogP contribution in [0.4, 0.5) is 17.1 Å². The van der Waals surface area contributed by atoms with E-state index in [0.29, 0.717) is 38.6 Å². The summed E-state index contributed by atoms with van der Waals surface area (Å²) in [5.41, 5.74) is 2.69. The number of nitro benzene ring substituents is 1. The molecule has 1 aliphatic heterocycles. The Labute approximate surface area is 235 Å². The second kappa shape index (κ2) is 10.8. The van der Waals surface area contributed by atoms with Crippen LogP contribution in [0, 0.1) is 16.0 Å². The standard InChI is InChI=1S/C28H24ClN5O4S/c1-16(2)27(35)31-21-11-10-19(15-20(21)29)33-26(25(32-28(33)39)22-5-3-4-14-30-22)24-13-12-23(38-24)17-6-8-18(9-7-17)34(36)37/h3-16,25-26H,1-2H3,(H,31,35)(H,32,39)/t25-,26+/m1/s1. The number of furan rings is 1. The van der Waals surface area contributed by atoms with Gasteiger partial charge in [0.2, 0.25) is 5.91 Å². The zero-order chi connectivity index (χ0) is 27.7. The van der Waals surface area contributed by atoms with E-state index in [9.17, 15) is 14.9 Å². The number of rotatable bonds is 7. The zero-order valence-corrected chi connectivity index (χ0v) is 22.6. The third-order valence-electron chi connectivity index (χ3n) is 6.39. The lowest BCUT2D eigenvalue weighted by Crippen LogP contribution is -2.29. The normalized spacial score (nSPS) is 16.8. The van der Waals surface area contributed by atoms with Gasteiger partial charge in [-0.1, -0.05) is 31.5 Å². The molecule has 0 aliphatic carbocycles. The predicted octanol–water partition coefficient (Wildman–Crippen LogP) is 6.67. The number of carbonyl (C=O) groups is 1. The maximum Gasteiger partial charge on any atom is 0.269 e. The molecule has 2 aromatic heterocycles. The first kappa shape index (κ1) is 26.3. The van der Waals surface area contributed by atoms with Crippen molar-refractivity contribution in [3.05, 3.63) is 106 Å². The van der Waals surface area contributed by atoms with E-state index in [4.69, 9.17) is 28.2 Å². The molecule has 1 saturated heterocycles. The first-order valence-electron chi connectivity index (χ1n) is 12.2. The third kappa shape index (κ3) is 5.34. The summed E-state index contributed by atoms with van der Waals surface area (Å²) >= 11 is 12.3. The van der Waals surface area contributed by atoms with Crippen LogP contribution in [-0.2, 0) is 4.79 Å². The lowest BCUT2D eigenvalue weighted by Gasteiger charge is -2.26. The molecule has 11 heteroatoms. The van der Waals surface area contributed by atoms with Gasteiger partial charge in [-0.05, 0) is 66.8 Å². The molecular weight excluding hydrogens is 538 g/mol. The molecule has 2 N–H and O–H groups in total. The zero-order valence-electron chi connectivity index (χ0n) is 21.0. The second-order valence-electron chi connectivity index (χ2n) is 9.31. The number of nitrogens with zero attached hydrogens (tertiary/aromatic N) is 3. The second-order valence-corrected chi connectivity index (χ2v) is 10.1. The van der Waals surface area contributed by atoms with Gasteiger partial charge in [0.25, 0.3) is 5.69 Å². The first-order chi connectivity index (χ1) is 18.7. The van der Waals surface area contributed by atoms with Crippen molar-refractivity contribution in [1.82, 2.24) is 10.3 Å². The van der Waals surface area contributed by atoms with Gasteiger partial charge in [-0.2, -0.15) is 0 Å². The van der Waals surface area contributed by atoms with Crippen LogP contribution in [0.5, 0.6) is 0 Å². The van der Waals surface area contributed by atoms with E-state index in [1.165, 1.54) is 12.1 Å². The molecule has 1 amide bonds. The van der Waals surface area contributed by atoms with Gasteiger partial charge in [-0.15, -0.1) is 0 Å². The van der Waals surface area contributed by atoms with Gasteiger partial charge >= 0.3 is 0 Å². The van der Waals surface area contributed by atoms with Crippen LogP contribution in [0.1, 0.15) is 37.4 Å². The van der Waals surface area contributed by atoms with E-state index >= 15 is 0 Å². The monoisotopic (exact) mass is 561 g/mol. The fraction of sp³-hybridized carbons (Fsp3) is 0.179. The molecular formula is C28H24ClN5O4S. The fourth-order valence-corrected chi connectivity index (χ4v) is 4.94. The van der Waals surface area contributed by atoms with Crippen molar-refractivity contribution in [1.29, 1.82) is 0 Å². The average molecular weight is 562 g/mol. The Morgan fingerprint density at radius 2 is 1.92 bits per heavy atom. The first-order valence-corrected chi connectivity index (χ1v) is 13.0. The van der Waals surface area contributed by atoms with Crippen LogP contribution in [0.2, 0.25) is 5.02 Å². The van der Waals surface area contributed by atoms with Crippen LogP contribution in [-0.4, -0.2) is 20.9 Å². The van der Waals surface area contributed by atoms with Gasteiger partial charge in [-0.25, -0.2) is 0 Å². The average Bonchev–Trinajstić information content (AvgIpc) is 3.55. The molecule has 0 spiro atoms. The SMILES string of the molecule is CC(C)C(=O)Nc1ccc(N2C(=S)N[C@H](c3ccccn3)[C@@H]2c2ccc(-c3ccc([N+](=O)[O-])cc3)o2)cc1Cl. The third-order valence-corrected chi connectivity index (χ3v) is 7.02. The van der Waals surface area contributed by atoms with Crippen LogP contribution in [0.15, 0.2) is 83.4 Å². The Kier molecular flexibility index (Phi) is 7.32. The summed E-state index contributed by atoms with van der Waals surface area (Å²) in [5.74, 6) is 0.843. The molecule has 9 nitrogen and oxygen atoms in total. The summed E-state index contributed by atoms with van der Waals surface area (Å²) in [6.45, 7) is 3.62. The van der Waals surface area contributed by atoms with Crippen molar-refractivity contribution in [2.24, 2.45) is 5.92 Å². The van der Waals surface area contributed by atoms with Gasteiger partial charge in [0.15, 0.2) is 5.11 Å². The van der Waals surface area contributed by atoms with E-state index in [2.05, 4.69) is 15.6 Å². The predicted molar refractivity (Wildman–Crippen MR) is 154 cm³/mol. The molecule has 0 saturated carbocycles. The van der Waals surface area contributed by atoms with Crippen LogP contribution in [0.3, 0.4) is 0 Å². The number of carbonyl (C=O) groups excluding carboxylic acids is 1. The number of aromatic nitrogens is 1. The van der Waals surface area contributed by atoms with Crippen LogP contribution < -0.4 is 15.5 Å². The van der Waals surface area contributed by atoms with Gasteiger partial charge in [0.05, 0.1) is 27.4 Å². The van der Waals surface area contributed by atoms with Crippen molar-refractivity contribution in [2.45, 2.75) is 25.9 Å². The van der Waals surface area contributed by atoms with Crippen molar-refractivity contribution in [2.75, 3.05) is 10.2 Å². The summed E-state index contributed by atoms with van der Waals surface area (Å²) in [6.07, 6.45) is 1.72. The molecule has 1 fully saturated rings. The van der Waals surface area contributed by atoms with Gasteiger partial charge in [0.1, 0.15) is 17.6 Å². The number of hydrogen-bond donors (Lipinski definition) is 2.